The summed E-state index contributed by atoms with van der Waals surface area (Å²) in [5, 5.41) is 2.85. The van der Waals surface area contributed by atoms with E-state index in [9.17, 15) is 9.59 Å². The van der Waals surface area contributed by atoms with Crippen molar-refractivity contribution in [1.82, 2.24) is 10.2 Å². The maximum Gasteiger partial charge on any atom is 0.222 e. The molecule has 0 radical (unpaired) electrons. The summed E-state index contributed by atoms with van der Waals surface area (Å²) >= 11 is 0. The lowest BCUT2D eigenvalue weighted by molar-refractivity contribution is -0.133. The summed E-state index contributed by atoms with van der Waals surface area (Å²) < 4.78 is 0. The van der Waals surface area contributed by atoms with E-state index in [1.165, 1.54) is 0 Å². The normalized spacial score (nSPS) is 17.1. The van der Waals surface area contributed by atoms with Crippen molar-refractivity contribution in [3.63, 3.8) is 0 Å². The summed E-state index contributed by atoms with van der Waals surface area (Å²) in [4.78, 5) is 25.7. The van der Waals surface area contributed by atoms with Gasteiger partial charge in [0.1, 0.15) is 0 Å². The Kier molecular flexibility index (Phi) is 6.69. The van der Waals surface area contributed by atoms with Crippen molar-refractivity contribution < 1.29 is 9.59 Å². The Morgan fingerprint density at radius 1 is 1.14 bits per heavy atom. The molecule has 0 aromatic heterocycles. The predicted molar refractivity (Wildman–Crippen MR) is 85.9 cm³/mol. The predicted octanol–water partition coefficient (Wildman–Crippen LogP) is 2.97. The maximum atomic E-state index is 12.2. The molecule has 0 spiro atoms. The van der Waals surface area contributed by atoms with Gasteiger partial charge in [-0.05, 0) is 44.4 Å². The van der Waals surface area contributed by atoms with Gasteiger partial charge < -0.3 is 10.2 Å². The highest BCUT2D eigenvalue weighted by atomic mass is 16.2. The Morgan fingerprint density at radius 3 is 2.19 bits per heavy atom. The Bertz CT molecular complexity index is 350. The number of nitrogens with one attached hydrogen (secondary N) is 1. The molecule has 1 N–H and O–H groups in total. The molecule has 0 atom stereocenters. The molecule has 1 aliphatic heterocycles. The third-order valence-electron chi connectivity index (χ3n) is 4.32. The second kappa shape index (κ2) is 7.81. The molecule has 1 saturated heterocycles. The first-order valence-corrected chi connectivity index (χ1v) is 8.27. The van der Waals surface area contributed by atoms with Gasteiger partial charge >= 0.3 is 0 Å². The summed E-state index contributed by atoms with van der Waals surface area (Å²) in [5.74, 6) is 0.960. The fraction of sp³-hybridized carbons (Fsp3) is 0.882. The summed E-state index contributed by atoms with van der Waals surface area (Å²) in [6, 6.07) is 0.171. The van der Waals surface area contributed by atoms with Gasteiger partial charge in [-0.15, -0.1) is 0 Å². The topological polar surface area (TPSA) is 49.4 Å². The van der Waals surface area contributed by atoms with Crippen LogP contribution < -0.4 is 5.32 Å². The lowest BCUT2D eigenvalue weighted by Crippen LogP contribution is -2.41. The van der Waals surface area contributed by atoms with E-state index in [1.54, 1.807) is 0 Å². The van der Waals surface area contributed by atoms with Crippen LogP contribution in [-0.4, -0.2) is 35.8 Å². The molecule has 4 heteroatoms. The molecule has 1 heterocycles. The molecular formula is C17H32N2O2. The van der Waals surface area contributed by atoms with E-state index in [0.29, 0.717) is 30.6 Å². The number of hydrogen-bond donors (Lipinski definition) is 1. The molecule has 1 aliphatic rings. The van der Waals surface area contributed by atoms with Gasteiger partial charge in [0.05, 0.1) is 0 Å². The fourth-order valence-corrected chi connectivity index (χ4v) is 2.95. The molecular weight excluding hydrogens is 264 g/mol. The Balaban J connectivity index is 2.24. The third-order valence-corrected chi connectivity index (χ3v) is 4.32. The van der Waals surface area contributed by atoms with Gasteiger partial charge in [0.25, 0.3) is 0 Å². The summed E-state index contributed by atoms with van der Waals surface area (Å²) in [5.41, 5.74) is 0.337. The van der Waals surface area contributed by atoms with E-state index in [4.69, 9.17) is 0 Å². The molecule has 0 aliphatic carbocycles. The summed E-state index contributed by atoms with van der Waals surface area (Å²) in [6.07, 6.45) is 3.79. The van der Waals surface area contributed by atoms with E-state index in [0.717, 1.165) is 25.9 Å². The van der Waals surface area contributed by atoms with Crippen LogP contribution in [0.25, 0.3) is 0 Å². The molecule has 0 saturated carbocycles. The van der Waals surface area contributed by atoms with Crippen molar-refractivity contribution in [2.24, 2.45) is 11.3 Å². The van der Waals surface area contributed by atoms with Crippen LogP contribution in [0.4, 0.5) is 0 Å². The van der Waals surface area contributed by atoms with E-state index >= 15 is 0 Å². The van der Waals surface area contributed by atoms with Gasteiger partial charge in [0.15, 0.2) is 0 Å². The van der Waals surface area contributed by atoms with Crippen molar-refractivity contribution >= 4 is 11.8 Å². The monoisotopic (exact) mass is 296 g/mol. The van der Waals surface area contributed by atoms with Crippen molar-refractivity contribution in [3.05, 3.63) is 0 Å². The highest BCUT2D eigenvalue weighted by molar-refractivity contribution is 5.79. The highest BCUT2D eigenvalue weighted by Gasteiger charge is 2.30. The van der Waals surface area contributed by atoms with Crippen LogP contribution >= 0.6 is 0 Å². The van der Waals surface area contributed by atoms with Crippen LogP contribution in [0.15, 0.2) is 0 Å². The van der Waals surface area contributed by atoms with Gasteiger partial charge in [0.2, 0.25) is 11.8 Å². The fourth-order valence-electron chi connectivity index (χ4n) is 2.95. The second-order valence-electron chi connectivity index (χ2n) is 7.60. The van der Waals surface area contributed by atoms with E-state index in [1.807, 2.05) is 18.7 Å². The average molecular weight is 296 g/mol. The van der Waals surface area contributed by atoms with E-state index in [-0.39, 0.29) is 17.9 Å². The number of amides is 2. The first-order chi connectivity index (χ1) is 9.70. The minimum Gasteiger partial charge on any atom is -0.354 e. The lowest BCUT2D eigenvalue weighted by atomic mass is 9.75. The van der Waals surface area contributed by atoms with Crippen LogP contribution in [0.1, 0.15) is 66.7 Å². The Hall–Kier alpha value is -1.06. The number of carbonyl (C=O) groups is 2. The quantitative estimate of drug-likeness (QED) is 0.848. The lowest BCUT2D eigenvalue weighted by Gasteiger charge is -2.38. The van der Waals surface area contributed by atoms with Crippen LogP contribution in [0.2, 0.25) is 0 Å². The van der Waals surface area contributed by atoms with Crippen LogP contribution in [0.5, 0.6) is 0 Å². The van der Waals surface area contributed by atoms with Gasteiger partial charge in [-0.2, -0.15) is 0 Å². The molecule has 21 heavy (non-hydrogen) atoms. The van der Waals surface area contributed by atoms with Crippen LogP contribution in [0.3, 0.4) is 0 Å². The van der Waals surface area contributed by atoms with Crippen LogP contribution in [-0.2, 0) is 9.59 Å². The second-order valence-corrected chi connectivity index (χ2v) is 7.60. The SMILES string of the molecule is CC(C)NC(=O)CCCC(=O)N1CCC(C(C)(C)C)CC1. The number of likely N-dealkylation sites (tertiary alicyclic amines) is 1. The molecule has 0 unspecified atom stereocenters. The Morgan fingerprint density at radius 2 is 1.71 bits per heavy atom. The molecule has 1 fully saturated rings. The number of nitrogens with zero attached hydrogens (tertiary/aromatic N) is 1. The summed E-state index contributed by atoms with van der Waals surface area (Å²) in [7, 11) is 0. The first kappa shape index (κ1) is 18.0. The number of piperidine rings is 1. The zero-order valence-corrected chi connectivity index (χ0v) is 14.4. The molecule has 1 rings (SSSR count). The van der Waals surface area contributed by atoms with Gasteiger partial charge in [0, 0.05) is 32.0 Å². The Labute approximate surface area is 129 Å². The molecule has 122 valence electrons. The number of hydrogen-bond acceptors (Lipinski definition) is 2. The van der Waals surface area contributed by atoms with Gasteiger partial charge in [-0.3, -0.25) is 9.59 Å². The zero-order valence-electron chi connectivity index (χ0n) is 14.4. The van der Waals surface area contributed by atoms with Crippen molar-refractivity contribution in [2.45, 2.75) is 72.8 Å². The van der Waals surface area contributed by atoms with Crippen LogP contribution in [0, 0.1) is 11.3 Å². The highest BCUT2D eigenvalue weighted by Crippen LogP contribution is 2.34. The van der Waals surface area contributed by atoms with Crippen molar-refractivity contribution in [2.75, 3.05) is 13.1 Å². The molecule has 4 nitrogen and oxygen atoms in total. The molecule has 0 bridgehead atoms. The maximum absolute atomic E-state index is 12.2. The third kappa shape index (κ3) is 6.49. The van der Waals surface area contributed by atoms with Gasteiger partial charge in [-0.1, -0.05) is 20.8 Å². The summed E-state index contributed by atoms with van der Waals surface area (Å²) in [6.45, 7) is 12.5. The number of carbonyl (C=O) groups excluding carboxylic acids is 2. The smallest absolute Gasteiger partial charge is 0.222 e. The standard InChI is InChI=1S/C17H32N2O2/c1-13(2)18-15(20)7-6-8-16(21)19-11-9-14(10-12-19)17(3,4)5/h13-14H,6-12H2,1-5H3,(H,18,20). The number of rotatable bonds is 5. The van der Waals surface area contributed by atoms with E-state index in [2.05, 4.69) is 26.1 Å². The average Bonchev–Trinajstić information content (AvgIpc) is 2.36. The van der Waals surface area contributed by atoms with Crippen molar-refractivity contribution in [3.8, 4) is 0 Å². The molecule has 0 aromatic rings. The largest absolute Gasteiger partial charge is 0.354 e. The molecule has 2 amide bonds. The first-order valence-electron chi connectivity index (χ1n) is 8.27. The minimum atomic E-state index is 0.0456. The zero-order chi connectivity index (χ0) is 16.0. The minimum absolute atomic E-state index is 0.0456. The van der Waals surface area contributed by atoms with E-state index < -0.39 is 0 Å². The van der Waals surface area contributed by atoms with Gasteiger partial charge in [-0.25, -0.2) is 0 Å². The van der Waals surface area contributed by atoms with Crippen molar-refractivity contribution in [1.29, 1.82) is 0 Å². The molecule has 0 aromatic carbocycles.